The fourth-order valence-corrected chi connectivity index (χ4v) is 3.56. The fraction of sp³-hybridized carbons (Fsp3) is 0.824. The van der Waals surface area contributed by atoms with E-state index in [1.165, 1.54) is 17.7 Å². The summed E-state index contributed by atoms with van der Waals surface area (Å²) in [7, 11) is 1.71. The highest BCUT2D eigenvalue weighted by Crippen LogP contribution is 2.28. The lowest BCUT2D eigenvalue weighted by atomic mass is 9.84. The first-order chi connectivity index (χ1) is 10.5. The zero-order valence-electron chi connectivity index (χ0n) is 14.5. The Morgan fingerprint density at radius 2 is 2.00 bits per heavy atom. The molecular formula is C17H31N3O2. The summed E-state index contributed by atoms with van der Waals surface area (Å²) in [4.78, 5) is 0. The van der Waals surface area contributed by atoms with E-state index in [0.29, 0.717) is 13.2 Å². The maximum atomic E-state index is 10.6. The molecule has 0 saturated heterocycles. The van der Waals surface area contributed by atoms with Gasteiger partial charge in [0.2, 0.25) is 0 Å². The van der Waals surface area contributed by atoms with Crippen LogP contribution < -0.4 is 5.32 Å². The molecule has 1 aliphatic carbocycles. The van der Waals surface area contributed by atoms with Crippen LogP contribution in [0.15, 0.2) is 0 Å². The van der Waals surface area contributed by atoms with Gasteiger partial charge in [0.1, 0.15) is 0 Å². The summed E-state index contributed by atoms with van der Waals surface area (Å²) in [5.74, 6) is 0. The molecule has 0 aliphatic heterocycles. The molecule has 1 fully saturated rings. The van der Waals surface area contributed by atoms with Gasteiger partial charge in [-0.25, -0.2) is 0 Å². The average Bonchev–Trinajstić information content (AvgIpc) is 2.78. The Labute approximate surface area is 134 Å². The lowest BCUT2D eigenvalue weighted by molar-refractivity contribution is 0.00297. The van der Waals surface area contributed by atoms with Crippen LogP contribution >= 0.6 is 0 Å². The maximum Gasteiger partial charge on any atom is 0.0771 e. The molecule has 1 atom stereocenters. The molecule has 1 aliphatic rings. The Morgan fingerprint density at radius 1 is 1.32 bits per heavy atom. The van der Waals surface area contributed by atoms with Gasteiger partial charge in [-0.15, -0.1) is 0 Å². The van der Waals surface area contributed by atoms with Gasteiger partial charge in [0.05, 0.1) is 24.4 Å². The van der Waals surface area contributed by atoms with E-state index in [-0.39, 0.29) is 6.04 Å². The van der Waals surface area contributed by atoms with E-state index in [2.05, 4.69) is 31.2 Å². The van der Waals surface area contributed by atoms with Gasteiger partial charge in [-0.2, -0.15) is 5.10 Å². The number of aliphatic hydroxyl groups is 1. The molecule has 0 amide bonds. The van der Waals surface area contributed by atoms with Crippen molar-refractivity contribution in [1.29, 1.82) is 0 Å². The highest BCUT2D eigenvalue weighted by atomic mass is 16.5. The lowest BCUT2D eigenvalue weighted by Crippen LogP contribution is -2.43. The van der Waals surface area contributed by atoms with Gasteiger partial charge in [-0.3, -0.25) is 4.68 Å². The Balaban J connectivity index is 1.99. The standard InChI is InChI=1S/C17H31N3O2/c1-13(18-12-17(21)8-6-5-7-9-17)16-14(2)19-20(15(16)3)10-11-22-4/h13,18,21H,5-12H2,1-4H3. The number of ether oxygens (including phenoxy) is 1. The lowest BCUT2D eigenvalue weighted by Gasteiger charge is -2.33. The molecule has 2 rings (SSSR count). The Kier molecular flexibility index (Phi) is 6.01. The van der Waals surface area contributed by atoms with Crippen LogP contribution in [0.4, 0.5) is 0 Å². The van der Waals surface area contributed by atoms with Crippen LogP contribution in [0, 0.1) is 13.8 Å². The second kappa shape index (κ2) is 7.57. The monoisotopic (exact) mass is 309 g/mol. The zero-order valence-corrected chi connectivity index (χ0v) is 14.5. The highest BCUT2D eigenvalue weighted by molar-refractivity contribution is 5.27. The number of aryl methyl sites for hydroxylation is 1. The number of hydrogen-bond acceptors (Lipinski definition) is 4. The van der Waals surface area contributed by atoms with Gasteiger partial charge >= 0.3 is 0 Å². The molecule has 0 spiro atoms. The third-order valence-electron chi connectivity index (χ3n) is 4.90. The molecule has 22 heavy (non-hydrogen) atoms. The van der Waals surface area contributed by atoms with E-state index < -0.39 is 5.60 Å². The van der Waals surface area contributed by atoms with Crippen molar-refractivity contribution in [2.45, 2.75) is 71.1 Å². The number of nitrogens with zero attached hydrogens (tertiary/aromatic N) is 2. The van der Waals surface area contributed by atoms with Crippen LogP contribution in [0.5, 0.6) is 0 Å². The molecular weight excluding hydrogens is 278 g/mol. The number of aromatic nitrogens is 2. The van der Waals surface area contributed by atoms with Crippen molar-refractivity contribution in [2.75, 3.05) is 20.3 Å². The van der Waals surface area contributed by atoms with Gasteiger partial charge in [0, 0.05) is 31.0 Å². The van der Waals surface area contributed by atoms with Crippen molar-refractivity contribution in [2.24, 2.45) is 0 Å². The third-order valence-corrected chi connectivity index (χ3v) is 4.90. The van der Waals surface area contributed by atoms with Crippen molar-refractivity contribution in [3.8, 4) is 0 Å². The summed E-state index contributed by atoms with van der Waals surface area (Å²) >= 11 is 0. The third kappa shape index (κ3) is 4.09. The first-order valence-electron chi connectivity index (χ1n) is 8.45. The van der Waals surface area contributed by atoms with E-state index in [1.807, 2.05) is 4.68 Å². The van der Waals surface area contributed by atoms with E-state index in [1.54, 1.807) is 7.11 Å². The first-order valence-corrected chi connectivity index (χ1v) is 8.45. The molecule has 0 radical (unpaired) electrons. The summed E-state index contributed by atoms with van der Waals surface area (Å²) in [6, 6.07) is 0.197. The van der Waals surface area contributed by atoms with E-state index >= 15 is 0 Å². The quantitative estimate of drug-likeness (QED) is 0.812. The van der Waals surface area contributed by atoms with E-state index in [0.717, 1.165) is 37.9 Å². The number of nitrogens with one attached hydrogen (secondary N) is 1. The van der Waals surface area contributed by atoms with Crippen molar-refractivity contribution in [3.63, 3.8) is 0 Å². The second-order valence-corrected chi connectivity index (χ2v) is 6.69. The maximum absolute atomic E-state index is 10.6. The van der Waals surface area contributed by atoms with Gasteiger partial charge in [0.15, 0.2) is 0 Å². The molecule has 1 aromatic heterocycles. The summed E-state index contributed by atoms with van der Waals surface area (Å²) in [6.07, 6.45) is 5.36. The van der Waals surface area contributed by atoms with Crippen molar-refractivity contribution in [3.05, 3.63) is 17.0 Å². The number of methoxy groups -OCH3 is 1. The summed E-state index contributed by atoms with van der Waals surface area (Å²) < 4.78 is 7.16. The molecule has 1 aromatic rings. The Bertz CT molecular complexity index is 478. The number of rotatable bonds is 7. The van der Waals surface area contributed by atoms with Gasteiger partial charge in [0.25, 0.3) is 0 Å². The minimum absolute atomic E-state index is 0.197. The van der Waals surface area contributed by atoms with E-state index in [4.69, 9.17) is 4.74 Å². The first kappa shape index (κ1) is 17.4. The molecule has 1 saturated carbocycles. The Morgan fingerprint density at radius 3 is 2.64 bits per heavy atom. The second-order valence-electron chi connectivity index (χ2n) is 6.69. The van der Waals surface area contributed by atoms with Crippen molar-refractivity contribution in [1.82, 2.24) is 15.1 Å². The molecule has 1 unspecified atom stereocenters. The molecule has 126 valence electrons. The van der Waals surface area contributed by atoms with Gasteiger partial charge < -0.3 is 15.2 Å². The molecule has 2 N–H and O–H groups in total. The Hall–Kier alpha value is -0.910. The van der Waals surface area contributed by atoms with Crippen LogP contribution in [-0.2, 0) is 11.3 Å². The number of hydrogen-bond donors (Lipinski definition) is 2. The zero-order chi connectivity index (χ0) is 16.2. The fourth-order valence-electron chi connectivity index (χ4n) is 3.56. The summed E-state index contributed by atoms with van der Waals surface area (Å²) in [5, 5.41) is 18.8. The van der Waals surface area contributed by atoms with Gasteiger partial charge in [-0.1, -0.05) is 19.3 Å². The molecule has 1 heterocycles. The minimum atomic E-state index is -0.527. The summed E-state index contributed by atoms with van der Waals surface area (Å²) in [5.41, 5.74) is 2.96. The van der Waals surface area contributed by atoms with Crippen LogP contribution in [-0.4, -0.2) is 40.7 Å². The van der Waals surface area contributed by atoms with E-state index in [9.17, 15) is 5.11 Å². The van der Waals surface area contributed by atoms with Crippen LogP contribution in [0.1, 0.15) is 62.0 Å². The summed E-state index contributed by atoms with van der Waals surface area (Å²) in [6.45, 7) is 8.43. The SMILES string of the molecule is COCCn1nc(C)c(C(C)NCC2(O)CCCCC2)c1C. The highest BCUT2D eigenvalue weighted by Gasteiger charge is 2.30. The molecule has 5 nitrogen and oxygen atoms in total. The van der Waals surface area contributed by atoms with Crippen LogP contribution in [0.25, 0.3) is 0 Å². The predicted octanol–water partition coefficient (Wildman–Crippen LogP) is 2.49. The van der Waals surface area contributed by atoms with Crippen LogP contribution in [0.2, 0.25) is 0 Å². The molecule has 5 heteroatoms. The largest absolute Gasteiger partial charge is 0.389 e. The topological polar surface area (TPSA) is 59.3 Å². The smallest absolute Gasteiger partial charge is 0.0771 e. The van der Waals surface area contributed by atoms with Gasteiger partial charge in [-0.05, 0) is 33.6 Å². The molecule has 0 aromatic carbocycles. The van der Waals surface area contributed by atoms with Crippen LogP contribution in [0.3, 0.4) is 0 Å². The normalized spacial score (nSPS) is 19.3. The minimum Gasteiger partial charge on any atom is -0.389 e. The predicted molar refractivity (Wildman–Crippen MR) is 88.0 cm³/mol. The molecule has 0 bridgehead atoms. The average molecular weight is 309 g/mol. The van der Waals surface area contributed by atoms with Crippen molar-refractivity contribution < 1.29 is 9.84 Å². The van der Waals surface area contributed by atoms with Crippen molar-refractivity contribution >= 4 is 0 Å².